The fourth-order valence-electron chi connectivity index (χ4n) is 0.174. The van der Waals surface area contributed by atoms with Crippen LogP contribution < -0.4 is 0 Å². The second-order valence-electron chi connectivity index (χ2n) is 1.17. The third-order valence-electron chi connectivity index (χ3n) is 0.368. The van der Waals surface area contributed by atoms with Gasteiger partial charge in [0.05, 0.1) is 0 Å². The lowest BCUT2D eigenvalue weighted by Crippen LogP contribution is -1.80. The van der Waals surface area contributed by atoms with E-state index in [-0.39, 0.29) is 5.50 Å². The highest BCUT2D eigenvalue weighted by Crippen LogP contribution is 2.40. The average Bonchev–Trinajstić information content (AvgIpc) is 1.62. The summed E-state index contributed by atoms with van der Waals surface area (Å²) >= 11 is 0. The molecule has 0 heterocycles. The van der Waals surface area contributed by atoms with Gasteiger partial charge in [0.25, 0.3) is 0 Å². The van der Waals surface area contributed by atoms with Crippen LogP contribution in [0.2, 0.25) is 0 Å². The Morgan fingerprint density at radius 1 is 1.67 bits per heavy atom. The predicted molar refractivity (Wildman–Crippen MR) is 32.7 cm³/mol. The summed E-state index contributed by atoms with van der Waals surface area (Å²) in [5.74, 6) is 0. The van der Waals surface area contributed by atoms with E-state index in [4.69, 9.17) is 9.79 Å². The van der Waals surface area contributed by atoms with Crippen LogP contribution >= 0.6 is 16.3 Å². The molecule has 1 atom stereocenters. The molecule has 0 aromatic heterocycles. The molecule has 9 heavy (non-hydrogen) atoms. The van der Waals surface area contributed by atoms with E-state index in [1.54, 1.807) is 0 Å². The van der Waals surface area contributed by atoms with Crippen LogP contribution in [0.4, 0.5) is 0 Å². The zero-order valence-corrected chi connectivity index (χ0v) is 6.40. The molecule has 5 nitrogen and oxygen atoms in total. The van der Waals surface area contributed by atoms with Gasteiger partial charge in [0.15, 0.2) is 5.50 Å². The van der Waals surface area contributed by atoms with Gasteiger partial charge in [-0.3, -0.25) is 9.79 Å². The van der Waals surface area contributed by atoms with Crippen molar-refractivity contribution in [2.24, 2.45) is 0 Å². The summed E-state index contributed by atoms with van der Waals surface area (Å²) in [4.78, 5) is 16.0. The number of hydrogen-bond acceptors (Lipinski definition) is 3. The van der Waals surface area contributed by atoms with Crippen LogP contribution in [0.25, 0.3) is 0 Å². The van der Waals surface area contributed by atoms with Gasteiger partial charge in [0.2, 0.25) is 0 Å². The standard InChI is InChI=1S/C2H6O5P2/c1-2(8-3)7-9(4,5)6/h1,8H2,(H2,4,5,6). The molecule has 0 aliphatic rings. The second kappa shape index (κ2) is 3.18. The fraction of sp³-hybridized carbons (Fsp3) is 0. The maximum atomic E-state index is 9.89. The van der Waals surface area contributed by atoms with Crippen molar-refractivity contribution < 1.29 is 23.4 Å². The van der Waals surface area contributed by atoms with Crippen LogP contribution in [-0.2, 0) is 13.7 Å². The maximum Gasteiger partial charge on any atom is 0.524 e. The molecular formula is C2H6O5P2. The Labute approximate surface area is 52.8 Å². The van der Waals surface area contributed by atoms with Gasteiger partial charge in [-0.1, -0.05) is 6.58 Å². The SMILES string of the molecule is C=C(OP(=O)(O)O)[PH2]=O. The molecule has 0 saturated carbocycles. The van der Waals surface area contributed by atoms with Crippen molar-refractivity contribution in [1.29, 1.82) is 0 Å². The smallest absolute Gasteiger partial charge is 0.402 e. The van der Waals surface area contributed by atoms with Crippen molar-refractivity contribution in [2.75, 3.05) is 0 Å². The van der Waals surface area contributed by atoms with E-state index in [1.807, 2.05) is 0 Å². The van der Waals surface area contributed by atoms with Crippen LogP contribution in [-0.4, -0.2) is 9.79 Å². The zero-order valence-electron chi connectivity index (χ0n) is 4.35. The first-order valence-electron chi connectivity index (χ1n) is 1.85. The third-order valence-corrected chi connectivity index (χ3v) is 1.42. The van der Waals surface area contributed by atoms with Crippen LogP contribution in [0, 0.1) is 0 Å². The van der Waals surface area contributed by atoms with Crippen molar-refractivity contribution >= 4 is 16.3 Å². The maximum absolute atomic E-state index is 9.89. The Morgan fingerprint density at radius 3 is 2.22 bits per heavy atom. The highest BCUT2D eigenvalue weighted by atomic mass is 31.2. The predicted octanol–water partition coefficient (Wildman–Crippen LogP) is 0.323. The van der Waals surface area contributed by atoms with E-state index in [0.29, 0.717) is 0 Å². The van der Waals surface area contributed by atoms with Crippen LogP contribution in [0.15, 0.2) is 12.1 Å². The summed E-state index contributed by atoms with van der Waals surface area (Å²) in [5, 5.41) is 0. The lowest BCUT2D eigenvalue weighted by atomic mass is 11.2. The minimum absolute atomic E-state index is 0.372. The van der Waals surface area contributed by atoms with Crippen LogP contribution in [0.3, 0.4) is 0 Å². The summed E-state index contributed by atoms with van der Waals surface area (Å²) in [5.41, 5.74) is -0.372. The van der Waals surface area contributed by atoms with Crippen LogP contribution in [0.1, 0.15) is 0 Å². The van der Waals surface area contributed by atoms with Gasteiger partial charge in [-0.25, -0.2) is 4.57 Å². The van der Waals surface area contributed by atoms with E-state index in [9.17, 15) is 9.13 Å². The topological polar surface area (TPSA) is 83.8 Å². The minimum atomic E-state index is -4.52. The van der Waals surface area contributed by atoms with E-state index < -0.39 is 16.3 Å². The summed E-state index contributed by atoms with van der Waals surface area (Å²) in [6.45, 7) is 2.97. The van der Waals surface area contributed by atoms with Gasteiger partial charge < -0.3 is 9.09 Å². The van der Waals surface area contributed by atoms with E-state index in [0.717, 1.165) is 0 Å². The molecule has 0 aliphatic heterocycles. The number of rotatable bonds is 3. The molecule has 0 fully saturated rings. The normalized spacial score (nSPS) is 12.2. The third kappa shape index (κ3) is 5.80. The Hall–Kier alpha value is -0.0800. The van der Waals surface area contributed by atoms with E-state index >= 15 is 0 Å². The molecule has 2 N–H and O–H groups in total. The Morgan fingerprint density at radius 2 is 2.11 bits per heavy atom. The highest BCUT2D eigenvalue weighted by Gasteiger charge is 2.14. The Kier molecular flexibility index (Phi) is 3.15. The first kappa shape index (κ1) is 8.92. The van der Waals surface area contributed by atoms with Gasteiger partial charge >= 0.3 is 7.82 Å². The molecule has 1 unspecified atom stereocenters. The van der Waals surface area contributed by atoms with Gasteiger partial charge in [-0.15, -0.1) is 0 Å². The van der Waals surface area contributed by atoms with Gasteiger partial charge in [0, 0.05) is 0 Å². The fourth-order valence-corrected chi connectivity index (χ4v) is 1.06. The van der Waals surface area contributed by atoms with Crippen molar-refractivity contribution in [3.05, 3.63) is 12.1 Å². The molecule has 0 aromatic carbocycles. The van der Waals surface area contributed by atoms with Gasteiger partial charge in [0.1, 0.15) is 8.46 Å². The average molecular weight is 172 g/mol. The summed E-state index contributed by atoms with van der Waals surface area (Å²) in [6, 6.07) is 0. The van der Waals surface area contributed by atoms with E-state index in [1.165, 1.54) is 0 Å². The molecule has 0 bridgehead atoms. The summed E-state index contributed by atoms with van der Waals surface area (Å²) in [6.07, 6.45) is 0. The van der Waals surface area contributed by atoms with Crippen LogP contribution in [0.5, 0.6) is 0 Å². The van der Waals surface area contributed by atoms with Gasteiger partial charge in [-0.2, -0.15) is 0 Å². The molecule has 0 saturated heterocycles. The zero-order chi connectivity index (χ0) is 7.49. The number of phosphoric ester groups is 1. The Balaban J connectivity index is 3.89. The molecule has 0 aliphatic carbocycles. The summed E-state index contributed by atoms with van der Waals surface area (Å²) < 4.78 is 23.5. The molecule has 0 spiro atoms. The molecular weight excluding hydrogens is 166 g/mol. The van der Waals surface area contributed by atoms with Crippen molar-refractivity contribution in [3.8, 4) is 0 Å². The molecule has 0 aromatic rings. The first-order valence-corrected chi connectivity index (χ1v) is 4.43. The summed E-state index contributed by atoms with van der Waals surface area (Å²) in [7, 11) is -5.99. The lowest BCUT2D eigenvalue weighted by Gasteiger charge is -2.02. The second-order valence-corrected chi connectivity index (χ2v) is 3.21. The molecule has 0 radical (unpaired) electrons. The highest BCUT2D eigenvalue weighted by molar-refractivity contribution is 7.47. The van der Waals surface area contributed by atoms with Crippen molar-refractivity contribution in [2.45, 2.75) is 0 Å². The van der Waals surface area contributed by atoms with Crippen molar-refractivity contribution in [3.63, 3.8) is 0 Å². The van der Waals surface area contributed by atoms with E-state index in [2.05, 4.69) is 11.1 Å². The Bertz CT molecular complexity index is 168. The van der Waals surface area contributed by atoms with Gasteiger partial charge in [-0.05, 0) is 0 Å². The first-order chi connectivity index (χ1) is 3.95. The minimum Gasteiger partial charge on any atom is -0.402 e. The monoisotopic (exact) mass is 172 g/mol. The quantitative estimate of drug-likeness (QED) is 0.473. The molecule has 54 valence electrons. The number of hydrogen-bond donors (Lipinski definition) is 2. The lowest BCUT2D eigenvalue weighted by molar-refractivity contribution is 0.253. The molecule has 0 amide bonds. The molecule has 7 heteroatoms. The largest absolute Gasteiger partial charge is 0.524 e. The van der Waals surface area contributed by atoms with Crippen molar-refractivity contribution in [1.82, 2.24) is 0 Å². The molecule has 0 rings (SSSR count). The number of phosphoric acid groups is 1.